The number of amides is 1. The number of alkyl carbamates (subject to hydrolysis) is 1. The summed E-state index contributed by atoms with van der Waals surface area (Å²) in [6, 6.07) is 14.6. The topological polar surface area (TPSA) is 59.6 Å². The summed E-state index contributed by atoms with van der Waals surface area (Å²) in [6.45, 7) is 14.0. The quantitative estimate of drug-likeness (QED) is 0.338. The van der Waals surface area contributed by atoms with Gasteiger partial charge in [0.15, 0.2) is 8.32 Å². The molecule has 1 aliphatic rings. The van der Waals surface area contributed by atoms with Gasteiger partial charge in [-0.2, -0.15) is 13.2 Å². The SMILES string of the molecule is CC(C)(O[Si](C)(C)C(C)(C)C)C1(NCC(NC(=O)OCc2ccccc2)C(F)(F)F)Cc2ccccc2C1. The molecular weight excluding hydrogens is 509 g/mol. The summed E-state index contributed by atoms with van der Waals surface area (Å²) in [4.78, 5) is 12.3. The summed E-state index contributed by atoms with van der Waals surface area (Å²) in [6.07, 6.45) is -4.74. The second kappa shape index (κ2) is 11.0. The van der Waals surface area contributed by atoms with Crippen molar-refractivity contribution >= 4 is 14.4 Å². The smallest absolute Gasteiger partial charge is 0.409 e. The van der Waals surface area contributed by atoms with Gasteiger partial charge in [0.25, 0.3) is 0 Å². The Balaban J connectivity index is 1.81. The number of carbonyl (C=O) groups excluding carboxylic acids is 1. The van der Waals surface area contributed by atoms with Gasteiger partial charge in [-0.1, -0.05) is 75.4 Å². The Bertz CT molecular complexity index is 1070. The van der Waals surface area contributed by atoms with Crippen molar-refractivity contribution in [3.63, 3.8) is 0 Å². The molecule has 1 unspecified atom stereocenters. The molecule has 2 aromatic carbocycles. The minimum Gasteiger partial charge on any atom is -0.445 e. The second-order valence-electron chi connectivity index (χ2n) is 12.3. The van der Waals surface area contributed by atoms with E-state index in [9.17, 15) is 18.0 Å². The van der Waals surface area contributed by atoms with Crippen LogP contribution >= 0.6 is 0 Å². The van der Waals surface area contributed by atoms with Gasteiger partial charge >= 0.3 is 12.3 Å². The molecule has 0 aliphatic heterocycles. The van der Waals surface area contributed by atoms with Crippen molar-refractivity contribution in [2.45, 2.75) is 95.6 Å². The molecule has 2 aromatic rings. The van der Waals surface area contributed by atoms with Crippen LogP contribution in [0.15, 0.2) is 54.6 Å². The minimum atomic E-state index is -4.67. The number of benzene rings is 2. The van der Waals surface area contributed by atoms with Crippen LogP contribution < -0.4 is 10.6 Å². The first-order valence-electron chi connectivity index (χ1n) is 13.0. The summed E-state index contributed by atoms with van der Waals surface area (Å²) in [7, 11) is -2.27. The number of hydrogen-bond donors (Lipinski definition) is 2. The number of fused-ring (bicyclic) bond motifs is 1. The highest BCUT2D eigenvalue weighted by Crippen LogP contribution is 2.45. The zero-order valence-corrected chi connectivity index (χ0v) is 24.5. The molecule has 38 heavy (non-hydrogen) atoms. The molecule has 0 heterocycles. The number of alkyl halides is 3. The number of nitrogens with one attached hydrogen (secondary N) is 2. The van der Waals surface area contributed by atoms with Crippen LogP contribution in [-0.2, 0) is 28.6 Å². The second-order valence-corrected chi connectivity index (χ2v) is 17.0. The van der Waals surface area contributed by atoms with E-state index in [1.807, 2.05) is 49.5 Å². The van der Waals surface area contributed by atoms with Crippen LogP contribution in [0.2, 0.25) is 18.1 Å². The van der Waals surface area contributed by atoms with Crippen LogP contribution in [0.5, 0.6) is 0 Å². The lowest BCUT2D eigenvalue weighted by Crippen LogP contribution is -2.68. The highest BCUT2D eigenvalue weighted by molar-refractivity contribution is 6.74. The summed E-state index contributed by atoms with van der Waals surface area (Å²) in [5.41, 5.74) is 1.28. The number of halogens is 3. The summed E-state index contributed by atoms with van der Waals surface area (Å²) >= 11 is 0. The molecule has 0 radical (unpaired) electrons. The zero-order valence-electron chi connectivity index (χ0n) is 23.5. The Morgan fingerprint density at radius 2 is 1.47 bits per heavy atom. The number of ether oxygens (including phenoxy) is 1. The van der Waals surface area contributed by atoms with Gasteiger partial charge in [-0.05, 0) is 61.5 Å². The lowest BCUT2D eigenvalue weighted by Gasteiger charge is -2.51. The van der Waals surface area contributed by atoms with Gasteiger partial charge in [0.2, 0.25) is 0 Å². The molecule has 3 rings (SSSR count). The first-order valence-corrected chi connectivity index (χ1v) is 15.9. The summed E-state index contributed by atoms with van der Waals surface area (Å²) < 4.78 is 54.2. The van der Waals surface area contributed by atoms with Crippen molar-refractivity contribution in [1.82, 2.24) is 10.6 Å². The molecule has 2 N–H and O–H groups in total. The van der Waals surface area contributed by atoms with E-state index in [1.165, 1.54) is 0 Å². The highest BCUT2D eigenvalue weighted by atomic mass is 28.4. The molecule has 0 fully saturated rings. The minimum absolute atomic E-state index is 0.0739. The fraction of sp³-hybridized carbons (Fsp3) is 0.552. The van der Waals surface area contributed by atoms with Crippen LogP contribution in [0.3, 0.4) is 0 Å². The third-order valence-corrected chi connectivity index (χ3v) is 12.7. The van der Waals surface area contributed by atoms with E-state index < -0.39 is 44.3 Å². The van der Waals surface area contributed by atoms with E-state index in [4.69, 9.17) is 9.16 Å². The Kier molecular flexibility index (Phi) is 8.75. The van der Waals surface area contributed by atoms with Crippen LogP contribution in [0, 0.1) is 0 Å². The van der Waals surface area contributed by atoms with Crippen molar-refractivity contribution in [1.29, 1.82) is 0 Å². The van der Waals surface area contributed by atoms with Crippen LogP contribution in [0.25, 0.3) is 0 Å². The summed E-state index contributed by atoms with van der Waals surface area (Å²) in [5.74, 6) is 0. The fourth-order valence-electron chi connectivity index (χ4n) is 4.72. The van der Waals surface area contributed by atoms with Gasteiger partial charge in [0.05, 0.1) is 11.1 Å². The Morgan fingerprint density at radius 3 is 1.97 bits per heavy atom. The Labute approximate surface area is 225 Å². The highest BCUT2D eigenvalue weighted by Gasteiger charge is 2.54. The molecule has 1 amide bonds. The predicted molar refractivity (Wildman–Crippen MR) is 147 cm³/mol. The molecule has 9 heteroatoms. The molecule has 0 aromatic heterocycles. The normalized spacial score (nSPS) is 16.6. The maximum Gasteiger partial charge on any atom is 0.409 e. The Morgan fingerprint density at radius 1 is 0.947 bits per heavy atom. The molecule has 0 bridgehead atoms. The molecule has 0 spiro atoms. The lowest BCUT2D eigenvalue weighted by atomic mass is 9.79. The molecule has 5 nitrogen and oxygen atoms in total. The van der Waals surface area contributed by atoms with Gasteiger partial charge in [-0.15, -0.1) is 0 Å². The van der Waals surface area contributed by atoms with Crippen LogP contribution in [0.4, 0.5) is 18.0 Å². The molecule has 210 valence electrons. The monoisotopic (exact) mass is 550 g/mol. The fourth-order valence-corrected chi connectivity index (χ4v) is 6.50. The largest absolute Gasteiger partial charge is 0.445 e. The van der Waals surface area contributed by atoms with Gasteiger partial charge in [-0.3, -0.25) is 0 Å². The molecule has 0 saturated carbocycles. The van der Waals surface area contributed by atoms with E-state index in [-0.39, 0.29) is 11.6 Å². The van der Waals surface area contributed by atoms with Crippen molar-refractivity contribution < 1.29 is 27.1 Å². The predicted octanol–water partition coefficient (Wildman–Crippen LogP) is 6.77. The van der Waals surface area contributed by atoms with Gasteiger partial charge in [0.1, 0.15) is 12.6 Å². The zero-order chi connectivity index (χ0) is 28.4. The van der Waals surface area contributed by atoms with E-state index in [2.05, 4.69) is 39.2 Å². The van der Waals surface area contributed by atoms with Crippen molar-refractivity contribution in [3.05, 3.63) is 71.3 Å². The molecule has 0 saturated heterocycles. The van der Waals surface area contributed by atoms with E-state index in [1.54, 1.807) is 24.3 Å². The van der Waals surface area contributed by atoms with Crippen LogP contribution in [-0.4, -0.2) is 44.3 Å². The standard InChI is InChI=1S/C29H41F3N2O3Si/c1-26(2,3)38(6,7)37-27(4,5)28(17-22-15-11-12-16-23(22)18-28)33-19-24(29(30,31)32)34-25(35)36-20-21-13-9-8-10-14-21/h8-16,24,33H,17-20H2,1-7H3,(H,34,35). The van der Waals surface area contributed by atoms with Crippen LogP contribution in [0.1, 0.15) is 51.3 Å². The first-order chi connectivity index (χ1) is 17.5. The average molecular weight is 551 g/mol. The van der Waals surface area contributed by atoms with Gasteiger partial charge in [-0.25, -0.2) is 4.79 Å². The maximum atomic E-state index is 14.1. The Hall–Kier alpha value is -2.36. The first kappa shape index (κ1) is 30.2. The number of hydrogen-bond acceptors (Lipinski definition) is 4. The van der Waals surface area contributed by atoms with E-state index in [0.717, 1.165) is 11.1 Å². The van der Waals surface area contributed by atoms with Crippen molar-refractivity contribution in [2.24, 2.45) is 0 Å². The van der Waals surface area contributed by atoms with Gasteiger partial charge in [0, 0.05) is 6.54 Å². The number of carbonyl (C=O) groups is 1. The molecule has 1 aliphatic carbocycles. The average Bonchev–Trinajstić information content (AvgIpc) is 3.19. The third kappa shape index (κ3) is 6.98. The van der Waals surface area contributed by atoms with E-state index >= 15 is 0 Å². The third-order valence-electron chi connectivity index (χ3n) is 8.12. The molecular formula is C29H41F3N2O3Si. The maximum absolute atomic E-state index is 14.1. The van der Waals surface area contributed by atoms with Gasteiger partial charge < -0.3 is 19.8 Å². The lowest BCUT2D eigenvalue weighted by molar-refractivity contribution is -0.155. The van der Waals surface area contributed by atoms with E-state index in [0.29, 0.717) is 18.4 Å². The summed E-state index contributed by atoms with van der Waals surface area (Å²) in [5, 5.41) is 5.21. The van der Waals surface area contributed by atoms with Crippen molar-refractivity contribution in [2.75, 3.05) is 6.54 Å². The van der Waals surface area contributed by atoms with Crippen molar-refractivity contribution in [3.8, 4) is 0 Å². The molecule has 1 atom stereocenters. The number of rotatable bonds is 9.